The van der Waals surface area contributed by atoms with Crippen molar-refractivity contribution in [3.63, 3.8) is 0 Å². The maximum atomic E-state index is 6.16. The molecule has 2 heterocycles. The molecule has 3 fully saturated rings. The zero-order valence-corrected chi connectivity index (χ0v) is 16.5. The molecular formula is C17H26IN3OS. The largest absolute Gasteiger partial charge is 0.377 e. The van der Waals surface area contributed by atoms with Crippen molar-refractivity contribution in [1.82, 2.24) is 5.32 Å². The Morgan fingerprint density at radius 1 is 1.43 bits per heavy atom. The van der Waals surface area contributed by atoms with Crippen molar-refractivity contribution in [2.24, 2.45) is 22.1 Å². The van der Waals surface area contributed by atoms with Crippen LogP contribution in [-0.4, -0.2) is 31.3 Å². The lowest BCUT2D eigenvalue weighted by atomic mass is 9.54. The van der Waals surface area contributed by atoms with Crippen molar-refractivity contribution in [1.29, 1.82) is 0 Å². The van der Waals surface area contributed by atoms with Gasteiger partial charge in [-0.1, -0.05) is 18.9 Å². The normalized spacial score (nSPS) is 31.5. The van der Waals surface area contributed by atoms with Crippen molar-refractivity contribution >= 4 is 41.3 Å². The van der Waals surface area contributed by atoms with Gasteiger partial charge in [-0.2, -0.15) is 0 Å². The van der Waals surface area contributed by atoms with Gasteiger partial charge in [0.05, 0.1) is 6.10 Å². The van der Waals surface area contributed by atoms with E-state index in [1.807, 2.05) is 0 Å². The summed E-state index contributed by atoms with van der Waals surface area (Å²) in [6, 6.07) is 4.72. The van der Waals surface area contributed by atoms with Crippen molar-refractivity contribution in [3.05, 3.63) is 22.4 Å². The lowest BCUT2D eigenvalue weighted by Gasteiger charge is -2.57. The van der Waals surface area contributed by atoms with Gasteiger partial charge in [-0.05, 0) is 30.7 Å². The van der Waals surface area contributed by atoms with E-state index in [2.05, 4.69) is 27.8 Å². The molecule has 3 N–H and O–H groups in total. The minimum Gasteiger partial charge on any atom is -0.377 e. The number of nitrogens with zero attached hydrogens (tertiary/aromatic N) is 1. The Kier molecular flexibility index (Phi) is 5.53. The summed E-state index contributed by atoms with van der Waals surface area (Å²) in [5, 5.41) is 5.66. The van der Waals surface area contributed by atoms with E-state index in [9.17, 15) is 0 Å². The summed E-state index contributed by atoms with van der Waals surface area (Å²) >= 11 is 1.78. The number of hydrogen-bond acceptors (Lipinski definition) is 3. The SMILES string of the molecule is I.NC(=NCCc1cccs1)NC1C2CCOC2C12CCCC2. The molecule has 2 aliphatic carbocycles. The predicted octanol–water partition coefficient (Wildman–Crippen LogP) is 3.16. The minimum atomic E-state index is 0. The number of halogens is 1. The molecule has 1 aliphatic heterocycles. The number of aliphatic imine (C=N–C) groups is 1. The van der Waals surface area contributed by atoms with E-state index in [4.69, 9.17) is 10.5 Å². The summed E-state index contributed by atoms with van der Waals surface area (Å²) in [5.41, 5.74) is 6.50. The molecule has 6 heteroatoms. The first kappa shape index (κ1) is 17.5. The lowest BCUT2D eigenvalue weighted by Crippen LogP contribution is -2.69. The van der Waals surface area contributed by atoms with Gasteiger partial charge in [0.15, 0.2) is 5.96 Å². The Bertz CT molecular complexity index is 542. The van der Waals surface area contributed by atoms with Crippen LogP contribution in [0.4, 0.5) is 0 Å². The zero-order valence-electron chi connectivity index (χ0n) is 13.4. The molecule has 3 atom stereocenters. The smallest absolute Gasteiger partial charge is 0.188 e. The highest BCUT2D eigenvalue weighted by molar-refractivity contribution is 14.0. The molecule has 0 radical (unpaired) electrons. The van der Waals surface area contributed by atoms with Gasteiger partial charge >= 0.3 is 0 Å². The van der Waals surface area contributed by atoms with Gasteiger partial charge in [-0.15, -0.1) is 35.3 Å². The maximum Gasteiger partial charge on any atom is 0.188 e. The second kappa shape index (κ2) is 7.27. The Hall–Kier alpha value is -0.340. The first-order valence-corrected chi connectivity index (χ1v) is 9.38. The van der Waals surface area contributed by atoms with Crippen LogP contribution in [0.25, 0.3) is 0 Å². The van der Waals surface area contributed by atoms with Gasteiger partial charge in [-0.25, -0.2) is 0 Å². The summed E-state index contributed by atoms with van der Waals surface area (Å²) in [6.45, 7) is 1.69. The molecule has 1 aromatic heterocycles. The molecule has 1 aromatic rings. The van der Waals surface area contributed by atoms with Crippen LogP contribution in [0.5, 0.6) is 0 Å². The average Bonchev–Trinajstić information content (AvgIpc) is 3.24. The van der Waals surface area contributed by atoms with Gasteiger partial charge < -0.3 is 15.8 Å². The molecule has 4 nitrogen and oxygen atoms in total. The third-order valence-electron chi connectivity index (χ3n) is 5.81. The van der Waals surface area contributed by atoms with E-state index in [-0.39, 0.29) is 24.0 Å². The summed E-state index contributed by atoms with van der Waals surface area (Å²) in [6.07, 6.45) is 7.87. The van der Waals surface area contributed by atoms with Crippen LogP contribution in [-0.2, 0) is 11.2 Å². The van der Waals surface area contributed by atoms with E-state index in [1.54, 1.807) is 11.3 Å². The summed E-state index contributed by atoms with van der Waals surface area (Å²) in [5.74, 6) is 1.27. The molecular weight excluding hydrogens is 421 g/mol. The zero-order chi connectivity index (χ0) is 15.0. The molecule has 2 saturated carbocycles. The molecule has 128 valence electrons. The average molecular weight is 447 g/mol. The molecule has 0 amide bonds. The highest BCUT2D eigenvalue weighted by Gasteiger charge is 2.64. The molecule has 1 spiro atoms. The number of ether oxygens (including phenoxy) is 1. The fourth-order valence-electron chi connectivity index (χ4n) is 4.85. The third-order valence-corrected chi connectivity index (χ3v) is 6.75. The van der Waals surface area contributed by atoms with E-state index < -0.39 is 0 Å². The Balaban J connectivity index is 0.00000156. The number of fused-ring (bicyclic) bond motifs is 2. The standard InChI is InChI=1S/C17H25N3OS.HI/c18-16(19-9-5-12-4-3-11-22-12)20-14-13-6-10-21-15(13)17(14)7-1-2-8-17;/h3-4,11,13-15H,1-2,5-10H2,(H3,18,19,20);1H. The fourth-order valence-corrected chi connectivity index (χ4v) is 5.55. The van der Waals surface area contributed by atoms with E-state index in [0.717, 1.165) is 19.6 Å². The Morgan fingerprint density at radius 2 is 2.26 bits per heavy atom. The highest BCUT2D eigenvalue weighted by atomic mass is 127. The van der Waals surface area contributed by atoms with Gasteiger partial charge in [-0.3, -0.25) is 4.99 Å². The number of rotatable bonds is 4. The van der Waals surface area contributed by atoms with Gasteiger partial charge in [0.2, 0.25) is 0 Å². The van der Waals surface area contributed by atoms with E-state index in [0.29, 0.717) is 29.4 Å². The second-order valence-corrected chi connectivity index (χ2v) is 7.93. The lowest BCUT2D eigenvalue weighted by molar-refractivity contribution is -0.124. The molecule has 3 unspecified atom stereocenters. The second-order valence-electron chi connectivity index (χ2n) is 6.90. The quantitative estimate of drug-likeness (QED) is 0.424. The van der Waals surface area contributed by atoms with Crippen molar-refractivity contribution in [2.45, 2.75) is 50.7 Å². The topological polar surface area (TPSA) is 59.6 Å². The predicted molar refractivity (Wildman–Crippen MR) is 106 cm³/mol. The van der Waals surface area contributed by atoms with Crippen LogP contribution in [0.2, 0.25) is 0 Å². The summed E-state index contributed by atoms with van der Waals surface area (Å²) in [7, 11) is 0. The van der Waals surface area contributed by atoms with Crippen LogP contribution in [0.3, 0.4) is 0 Å². The van der Waals surface area contributed by atoms with E-state index >= 15 is 0 Å². The fraction of sp³-hybridized carbons (Fsp3) is 0.706. The van der Waals surface area contributed by atoms with Crippen LogP contribution in [0.1, 0.15) is 37.0 Å². The molecule has 4 rings (SSSR count). The Labute approximate surface area is 159 Å². The van der Waals surface area contributed by atoms with Gasteiger partial charge in [0.1, 0.15) is 0 Å². The number of thiophene rings is 1. The molecule has 0 bridgehead atoms. The molecule has 0 aromatic carbocycles. The van der Waals surface area contributed by atoms with Gasteiger partial charge in [0.25, 0.3) is 0 Å². The monoisotopic (exact) mass is 447 g/mol. The summed E-state index contributed by atoms with van der Waals surface area (Å²) in [4.78, 5) is 5.91. The third kappa shape index (κ3) is 3.14. The molecule has 3 aliphatic rings. The maximum absolute atomic E-state index is 6.16. The van der Waals surface area contributed by atoms with Crippen molar-refractivity contribution < 1.29 is 4.74 Å². The van der Waals surface area contributed by atoms with E-state index in [1.165, 1.54) is 37.0 Å². The van der Waals surface area contributed by atoms with Crippen LogP contribution < -0.4 is 11.1 Å². The number of hydrogen-bond donors (Lipinski definition) is 2. The first-order chi connectivity index (χ1) is 10.8. The van der Waals surface area contributed by atoms with Gasteiger partial charge in [0, 0.05) is 41.8 Å². The molecule has 23 heavy (non-hydrogen) atoms. The minimum absolute atomic E-state index is 0. The van der Waals surface area contributed by atoms with Crippen molar-refractivity contribution in [2.75, 3.05) is 13.2 Å². The van der Waals surface area contributed by atoms with Crippen LogP contribution in [0, 0.1) is 11.3 Å². The summed E-state index contributed by atoms with van der Waals surface area (Å²) < 4.78 is 6.01. The first-order valence-electron chi connectivity index (χ1n) is 8.50. The van der Waals surface area contributed by atoms with Crippen LogP contribution >= 0.6 is 35.3 Å². The number of nitrogens with one attached hydrogen (secondary N) is 1. The highest BCUT2D eigenvalue weighted by Crippen LogP contribution is 2.60. The molecule has 1 saturated heterocycles. The van der Waals surface area contributed by atoms with Crippen LogP contribution in [0.15, 0.2) is 22.5 Å². The Morgan fingerprint density at radius 3 is 3.00 bits per heavy atom. The number of guanidine groups is 1. The number of nitrogens with two attached hydrogens (primary N) is 1. The van der Waals surface area contributed by atoms with Crippen molar-refractivity contribution in [3.8, 4) is 0 Å².